The predicted octanol–water partition coefficient (Wildman–Crippen LogP) is 0.783. The van der Waals surface area contributed by atoms with Gasteiger partial charge in [-0.15, -0.1) is 6.42 Å². The number of anilines is 1. The highest BCUT2D eigenvalue weighted by atomic mass is 16.4. The van der Waals surface area contributed by atoms with Crippen LogP contribution >= 0.6 is 0 Å². The lowest BCUT2D eigenvalue weighted by Gasteiger charge is -1.94. The summed E-state index contributed by atoms with van der Waals surface area (Å²) in [6, 6.07) is 3.62. The number of hydrogen-bond acceptors (Lipinski definition) is 3. The molecule has 0 fully saturated rings. The van der Waals surface area contributed by atoms with Crippen LogP contribution in [0.3, 0.4) is 0 Å². The molecular weight excluding hydrogens is 140 g/mol. The van der Waals surface area contributed by atoms with Crippen LogP contribution in [0.4, 0.5) is 5.88 Å². The summed E-state index contributed by atoms with van der Waals surface area (Å²) in [7, 11) is 0. The van der Waals surface area contributed by atoms with Crippen LogP contribution in [-0.2, 0) is 6.54 Å². The van der Waals surface area contributed by atoms with Crippen LogP contribution < -0.4 is 11.1 Å². The van der Waals surface area contributed by atoms with E-state index < -0.39 is 0 Å². The lowest BCUT2D eigenvalue weighted by molar-refractivity contribution is 0.525. The summed E-state index contributed by atoms with van der Waals surface area (Å²) in [5, 5.41) is 2.89. The van der Waals surface area contributed by atoms with E-state index in [0.717, 1.165) is 5.76 Å². The summed E-state index contributed by atoms with van der Waals surface area (Å²) in [6.07, 6.45) is 5.04. The van der Waals surface area contributed by atoms with Gasteiger partial charge in [0.05, 0.1) is 13.1 Å². The highest BCUT2D eigenvalue weighted by Gasteiger charge is 1.96. The van der Waals surface area contributed by atoms with Gasteiger partial charge in [-0.3, -0.25) is 0 Å². The Morgan fingerprint density at radius 2 is 2.45 bits per heavy atom. The Morgan fingerprint density at radius 1 is 1.64 bits per heavy atom. The molecule has 0 aliphatic heterocycles. The fourth-order valence-electron chi connectivity index (χ4n) is 0.721. The minimum absolute atomic E-state index is 0.414. The molecule has 11 heavy (non-hydrogen) atoms. The molecule has 0 radical (unpaired) electrons. The predicted molar refractivity (Wildman–Crippen MR) is 43.9 cm³/mol. The Labute approximate surface area is 65.6 Å². The molecule has 3 N–H and O–H groups in total. The van der Waals surface area contributed by atoms with Crippen molar-refractivity contribution in [2.45, 2.75) is 6.54 Å². The summed E-state index contributed by atoms with van der Waals surface area (Å²) >= 11 is 0. The SMILES string of the molecule is C#CCNc1ccc(CN)o1. The fourth-order valence-corrected chi connectivity index (χ4v) is 0.721. The first-order valence-corrected chi connectivity index (χ1v) is 3.33. The zero-order valence-corrected chi connectivity index (χ0v) is 6.13. The zero-order chi connectivity index (χ0) is 8.10. The molecule has 1 aromatic rings. The molecule has 0 saturated heterocycles. The Kier molecular flexibility index (Phi) is 2.59. The average Bonchev–Trinajstić information content (AvgIpc) is 2.48. The highest BCUT2D eigenvalue weighted by molar-refractivity contribution is 5.33. The van der Waals surface area contributed by atoms with Gasteiger partial charge in [0.15, 0.2) is 5.88 Å². The standard InChI is InChI=1S/C8H10N2O/c1-2-5-10-8-4-3-7(6-9)11-8/h1,3-4,10H,5-6,9H2. The minimum atomic E-state index is 0.414. The zero-order valence-electron chi connectivity index (χ0n) is 6.13. The minimum Gasteiger partial charge on any atom is -0.444 e. The van der Waals surface area contributed by atoms with E-state index in [0.29, 0.717) is 19.0 Å². The van der Waals surface area contributed by atoms with E-state index in [1.54, 1.807) is 6.07 Å². The second-order valence-electron chi connectivity index (χ2n) is 2.03. The fraction of sp³-hybridized carbons (Fsp3) is 0.250. The van der Waals surface area contributed by atoms with Crippen LogP contribution in [0.15, 0.2) is 16.5 Å². The topological polar surface area (TPSA) is 51.2 Å². The van der Waals surface area contributed by atoms with Crippen LogP contribution in [0.1, 0.15) is 5.76 Å². The van der Waals surface area contributed by atoms with Crippen LogP contribution in [0, 0.1) is 12.3 Å². The number of rotatable bonds is 3. The number of hydrogen-bond donors (Lipinski definition) is 2. The lowest BCUT2D eigenvalue weighted by atomic mass is 10.4. The van der Waals surface area contributed by atoms with Crippen molar-refractivity contribution in [3.8, 4) is 12.3 Å². The first-order chi connectivity index (χ1) is 5.36. The summed E-state index contributed by atoms with van der Waals surface area (Å²) < 4.78 is 5.20. The van der Waals surface area contributed by atoms with Crippen molar-refractivity contribution in [1.29, 1.82) is 0 Å². The number of nitrogens with two attached hydrogens (primary N) is 1. The van der Waals surface area contributed by atoms with Crippen molar-refractivity contribution in [2.75, 3.05) is 11.9 Å². The normalized spacial score (nSPS) is 9.09. The largest absolute Gasteiger partial charge is 0.444 e. The quantitative estimate of drug-likeness (QED) is 0.626. The van der Waals surface area contributed by atoms with E-state index in [4.69, 9.17) is 16.6 Å². The Bertz CT molecular complexity index is 259. The maximum atomic E-state index is 5.33. The van der Waals surface area contributed by atoms with Gasteiger partial charge in [0.2, 0.25) is 0 Å². The van der Waals surface area contributed by atoms with E-state index in [1.807, 2.05) is 6.07 Å². The monoisotopic (exact) mass is 150 g/mol. The van der Waals surface area contributed by atoms with E-state index in [-0.39, 0.29) is 0 Å². The van der Waals surface area contributed by atoms with E-state index in [2.05, 4.69) is 11.2 Å². The van der Waals surface area contributed by atoms with Crippen LogP contribution in [0.2, 0.25) is 0 Å². The van der Waals surface area contributed by atoms with Crippen LogP contribution in [-0.4, -0.2) is 6.54 Å². The number of furan rings is 1. The Hall–Kier alpha value is -1.40. The van der Waals surface area contributed by atoms with Crippen molar-refractivity contribution in [3.63, 3.8) is 0 Å². The van der Waals surface area contributed by atoms with Gasteiger partial charge in [0.1, 0.15) is 5.76 Å². The third-order valence-corrected chi connectivity index (χ3v) is 1.23. The van der Waals surface area contributed by atoms with Gasteiger partial charge in [0.25, 0.3) is 0 Å². The number of terminal acetylenes is 1. The smallest absolute Gasteiger partial charge is 0.193 e. The third-order valence-electron chi connectivity index (χ3n) is 1.23. The van der Waals surface area contributed by atoms with Gasteiger partial charge in [-0.25, -0.2) is 0 Å². The van der Waals surface area contributed by atoms with Gasteiger partial charge in [0, 0.05) is 6.07 Å². The second-order valence-corrected chi connectivity index (χ2v) is 2.03. The molecule has 0 aliphatic rings. The van der Waals surface area contributed by atoms with Gasteiger partial charge < -0.3 is 15.5 Å². The first kappa shape index (κ1) is 7.70. The molecule has 1 heterocycles. The van der Waals surface area contributed by atoms with Gasteiger partial charge in [-0.05, 0) is 6.07 Å². The molecule has 3 nitrogen and oxygen atoms in total. The lowest BCUT2D eigenvalue weighted by Crippen LogP contribution is -1.96. The molecule has 0 aromatic carbocycles. The van der Waals surface area contributed by atoms with E-state index >= 15 is 0 Å². The summed E-state index contributed by atoms with van der Waals surface area (Å²) in [6.45, 7) is 0.884. The van der Waals surface area contributed by atoms with Crippen molar-refractivity contribution >= 4 is 5.88 Å². The summed E-state index contributed by atoms with van der Waals surface area (Å²) in [5.74, 6) is 3.87. The maximum absolute atomic E-state index is 5.33. The van der Waals surface area contributed by atoms with Crippen molar-refractivity contribution in [1.82, 2.24) is 0 Å². The molecule has 0 saturated carbocycles. The van der Waals surface area contributed by atoms with Gasteiger partial charge in [-0.1, -0.05) is 5.92 Å². The van der Waals surface area contributed by atoms with Gasteiger partial charge in [-0.2, -0.15) is 0 Å². The van der Waals surface area contributed by atoms with Crippen LogP contribution in [0.25, 0.3) is 0 Å². The van der Waals surface area contributed by atoms with Crippen molar-refractivity contribution in [2.24, 2.45) is 5.73 Å². The van der Waals surface area contributed by atoms with Gasteiger partial charge >= 0.3 is 0 Å². The average molecular weight is 150 g/mol. The van der Waals surface area contributed by atoms with E-state index in [9.17, 15) is 0 Å². The summed E-state index contributed by atoms with van der Waals surface area (Å²) in [5.41, 5.74) is 5.33. The van der Waals surface area contributed by atoms with Crippen LogP contribution in [0.5, 0.6) is 0 Å². The molecule has 58 valence electrons. The molecule has 0 unspecified atom stereocenters. The highest BCUT2D eigenvalue weighted by Crippen LogP contribution is 2.11. The van der Waals surface area contributed by atoms with Crippen molar-refractivity contribution in [3.05, 3.63) is 17.9 Å². The third kappa shape index (κ3) is 2.03. The molecule has 0 aliphatic carbocycles. The molecule has 0 bridgehead atoms. The molecule has 0 atom stereocenters. The maximum Gasteiger partial charge on any atom is 0.193 e. The summed E-state index contributed by atoms with van der Waals surface area (Å²) in [4.78, 5) is 0. The molecule has 0 amide bonds. The molecule has 1 aromatic heterocycles. The van der Waals surface area contributed by atoms with Crippen molar-refractivity contribution < 1.29 is 4.42 Å². The Balaban J connectivity index is 2.53. The number of nitrogens with one attached hydrogen (secondary N) is 1. The molecule has 1 rings (SSSR count). The molecule has 0 spiro atoms. The van der Waals surface area contributed by atoms with E-state index in [1.165, 1.54) is 0 Å². The molecular formula is C8H10N2O. The molecule has 3 heteroatoms. The Morgan fingerprint density at radius 3 is 3.00 bits per heavy atom. The second kappa shape index (κ2) is 3.69. The first-order valence-electron chi connectivity index (χ1n) is 3.33.